The summed E-state index contributed by atoms with van der Waals surface area (Å²) in [5.41, 5.74) is -0.424. The van der Waals surface area contributed by atoms with Crippen molar-refractivity contribution in [3.05, 3.63) is 12.7 Å². The van der Waals surface area contributed by atoms with E-state index in [0.29, 0.717) is 6.54 Å². The van der Waals surface area contributed by atoms with E-state index in [1.807, 2.05) is 20.8 Å². The minimum absolute atomic E-state index is 0.317. The molecule has 4 nitrogen and oxygen atoms in total. The summed E-state index contributed by atoms with van der Waals surface area (Å²) < 4.78 is 5.09. The highest BCUT2D eigenvalue weighted by atomic mass is 16.6. The highest BCUT2D eigenvalue weighted by Crippen LogP contribution is 2.08. The number of hydrogen-bond donors (Lipinski definition) is 1. The lowest BCUT2D eigenvalue weighted by molar-refractivity contribution is 0.0318. The van der Waals surface area contributed by atoms with Crippen LogP contribution in [0.1, 0.15) is 20.8 Å². The Morgan fingerprint density at radius 1 is 1.50 bits per heavy atom. The van der Waals surface area contributed by atoms with E-state index in [1.54, 1.807) is 13.1 Å². The van der Waals surface area contributed by atoms with Gasteiger partial charge in [0.25, 0.3) is 0 Å². The molecule has 0 fully saturated rings. The zero-order chi connectivity index (χ0) is 11.8. The van der Waals surface area contributed by atoms with Crippen LogP contribution in [0.3, 0.4) is 0 Å². The zero-order valence-corrected chi connectivity index (χ0v) is 9.70. The number of aliphatic hydroxyl groups is 1. The first-order valence-electron chi connectivity index (χ1n) is 4.36. The molecule has 0 heterocycles. The maximum Gasteiger partial charge on any atom is 0.410 e. The molecule has 14 heavy (non-hydrogen) atoms. The van der Waals surface area contributed by atoms with Crippen molar-refractivity contribution in [2.45, 2.75) is 26.4 Å². The average Bonchev–Trinajstić information content (AvgIpc) is 2.05. The van der Waals surface area contributed by atoms with Gasteiger partial charge in [-0.2, -0.15) is 0 Å². The molecule has 84 valence electrons. The maximum absolute atomic E-state index is 11.2. The van der Waals surface area contributed by atoms with E-state index >= 15 is 0 Å². The van der Waals surface area contributed by atoms with Crippen molar-refractivity contribution < 1.29 is 14.6 Å². The van der Waals surface area contributed by atoms with Gasteiger partial charge in [0.1, 0.15) is 5.60 Å². The van der Waals surface area contributed by atoms with Gasteiger partial charge in [-0.3, -0.25) is 0 Å². The second-order valence-electron chi connectivity index (χ2n) is 3.65. The number of nitrogens with zero attached hydrogens (tertiary/aromatic N) is 1. The zero-order valence-electron chi connectivity index (χ0n) is 9.70. The Kier molecular flexibility index (Phi) is 8.14. The Morgan fingerprint density at radius 3 is 2.21 bits per heavy atom. The molecule has 0 saturated carbocycles. The van der Waals surface area contributed by atoms with Crippen LogP contribution in [-0.4, -0.2) is 42.4 Å². The third kappa shape index (κ3) is 9.06. The Labute approximate surface area is 86.2 Å². The van der Waals surface area contributed by atoms with E-state index in [2.05, 4.69) is 6.58 Å². The smallest absolute Gasteiger partial charge is 0.410 e. The van der Waals surface area contributed by atoms with E-state index in [1.165, 1.54) is 4.90 Å². The van der Waals surface area contributed by atoms with Gasteiger partial charge < -0.3 is 14.7 Å². The van der Waals surface area contributed by atoms with Crippen LogP contribution in [0.25, 0.3) is 0 Å². The molecule has 0 unspecified atom stereocenters. The van der Waals surface area contributed by atoms with E-state index in [-0.39, 0.29) is 6.09 Å². The first-order valence-corrected chi connectivity index (χ1v) is 4.36. The normalized spacial score (nSPS) is 9.57. The predicted molar refractivity (Wildman–Crippen MR) is 57.2 cm³/mol. The number of hydrogen-bond acceptors (Lipinski definition) is 3. The largest absolute Gasteiger partial charge is 0.444 e. The molecular weight excluding hydrogens is 182 g/mol. The van der Waals surface area contributed by atoms with E-state index in [0.717, 1.165) is 7.11 Å². The number of ether oxygens (including phenoxy) is 1. The molecular formula is C10H21NO3. The third-order valence-electron chi connectivity index (χ3n) is 1.11. The van der Waals surface area contributed by atoms with Crippen LogP contribution in [0.2, 0.25) is 0 Å². The summed E-state index contributed by atoms with van der Waals surface area (Å²) in [5, 5.41) is 7.00. The summed E-state index contributed by atoms with van der Waals surface area (Å²) in [6.45, 7) is 9.56. The quantitative estimate of drug-likeness (QED) is 0.694. The summed E-state index contributed by atoms with van der Waals surface area (Å²) >= 11 is 0. The van der Waals surface area contributed by atoms with E-state index in [9.17, 15) is 4.79 Å². The summed E-state index contributed by atoms with van der Waals surface area (Å²) in [7, 11) is 2.68. The van der Waals surface area contributed by atoms with Crippen LogP contribution in [0, 0.1) is 0 Å². The van der Waals surface area contributed by atoms with Crippen molar-refractivity contribution in [1.82, 2.24) is 4.90 Å². The molecule has 0 radical (unpaired) electrons. The first kappa shape index (κ1) is 15.4. The van der Waals surface area contributed by atoms with Crippen molar-refractivity contribution in [3.63, 3.8) is 0 Å². The van der Waals surface area contributed by atoms with Crippen molar-refractivity contribution in [2.24, 2.45) is 0 Å². The highest BCUT2D eigenvalue weighted by molar-refractivity contribution is 5.67. The lowest BCUT2D eigenvalue weighted by atomic mass is 10.2. The molecule has 0 spiro atoms. The van der Waals surface area contributed by atoms with Gasteiger partial charge in [0, 0.05) is 20.7 Å². The second kappa shape index (κ2) is 7.38. The van der Waals surface area contributed by atoms with Gasteiger partial charge in [-0.25, -0.2) is 4.79 Å². The molecule has 0 aliphatic rings. The van der Waals surface area contributed by atoms with Gasteiger partial charge in [0.2, 0.25) is 0 Å². The van der Waals surface area contributed by atoms with Crippen LogP contribution >= 0.6 is 0 Å². The second-order valence-corrected chi connectivity index (χ2v) is 3.65. The fourth-order valence-corrected chi connectivity index (χ4v) is 0.608. The number of rotatable bonds is 2. The van der Waals surface area contributed by atoms with Gasteiger partial charge in [-0.1, -0.05) is 6.08 Å². The summed E-state index contributed by atoms with van der Waals surface area (Å²) in [6, 6.07) is 0. The molecule has 1 amide bonds. The molecule has 0 rings (SSSR count). The fraction of sp³-hybridized carbons (Fsp3) is 0.700. The molecule has 0 saturated heterocycles. The molecule has 4 heteroatoms. The SMILES string of the molecule is C=CCN(C)C(=O)OC(C)(C)C.CO. The first-order chi connectivity index (χ1) is 6.37. The number of carbonyl (C=O) groups excluding carboxylic acids is 1. The van der Waals surface area contributed by atoms with Crippen molar-refractivity contribution in [3.8, 4) is 0 Å². The van der Waals surface area contributed by atoms with Gasteiger partial charge in [-0.05, 0) is 20.8 Å². The molecule has 0 aromatic heterocycles. The minimum atomic E-state index is -0.424. The molecule has 0 aliphatic heterocycles. The Hall–Kier alpha value is -1.03. The number of likely N-dealkylation sites (N-methyl/N-ethyl adjacent to an activating group) is 1. The molecule has 0 aromatic carbocycles. The number of carbonyl (C=O) groups is 1. The van der Waals surface area contributed by atoms with Gasteiger partial charge in [0.15, 0.2) is 0 Å². The van der Waals surface area contributed by atoms with E-state index < -0.39 is 5.60 Å². The molecule has 1 N–H and O–H groups in total. The minimum Gasteiger partial charge on any atom is -0.444 e. The van der Waals surface area contributed by atoms with Gasteiger partial charge in [-0.15, -0.1) is 6.58 Å². The predicted octanol–water partition coefficient (Wildman–Crippen LogP) is 1.65. The van der Waals surface area contributed by atoms with Crippen molar-refractivity contribution in [2.75, 3.05) is 20.7 Å². The fourth-order valence-electron chi connectivity index (χ4n) is 0.608. The molecule has 0 atom stereocenters. The number of aliphatic hydroxyl groups excluding tert-OH is 1. The maximum atomic E-state index is 11.2. The van der Waals surface area contributed by atoms with Crippen molar-refractivity contribution >= 4 is 6.09 Å². The van der Waals surface area contributed by atoms with Crippen LogP contribution < -0.4 is 0 Å². The third-order valence-corrected chi connectivity index (χ3v) is 1.11. The molecule has 0 aliphatic carbocycles. The average molecular weight is 203 g/mol. The Bertz CT molecular complexity index is 173. The van der Waals surface area contributed by atoms with Crippen LogP contribution in [0.4, 0.5) is 4.79 Å². The van der Waals surface area contributed by atoms with Crippen LogP contribution in [0.5, 0.6) is 0 Å². The van der Waals surface area contributed by atoms with Crippen LogP contribution in [-0.2, 0) is 4.74 Å². The van der Waals surface area contributed by atoms with Gasteiger partial charge in [0.05, 0.1) is 0 Å². The monoisotopic (exact) mass is 203 g/mol. The lowest BCUT2D eigenvalue weighted by Gasteiger charge is -2.23. The Balaban J connectivity index is 0. The summed E-state index contributed by atoms with van der Waals surface area (Å²) in [6.07, 6.45) is 1.34. The standard InChI is InChI=1S/C9H17NO2.CH4O/c1-6-7-10(5)8(11)12-9(2,3)4;1-2/h6H,1,7H2,2-5H3;2H,1H3. The summed E-state index contributed by atoms with van der Waals surface area (Å²) in [5.74, 6) is 0. The topological polar surface area (TPSA) is 49.8 Å². The molecule has 0 bridgehead atoms. The highest BCUT2D eigenvalue weighted by Gasteiger charge is 2.18. The van der Waals surface area contributed by atoms with Gasteiger partial charge >= 0.3 is 6.09 Å². The molecule has 0 aromatic rings. The van der Waals surface area contributed by atoms with Crippen LogP contribution in [0.15, 0.2) is 12.7 Å². The number of amides is 1. The van der Waals surface area contributed by atoms with Crippen molar-refractivity contribution in [1.29, 1.82) is 0 Å². The van der Waals surface area contributed by atoms with E-state index in [4.69, 9.17) is 9.84 Å². The lowest BCUT2D eigenvalue weighted by Crippen LogP contribution is -2.34. The summed E-state index contributed by atoms with van der Waals surface area (Å²) in [4.78, 5) is 12.7. The Morgan fingerprint density at radius 2 is 1.93 bits per heavy atom.